The number of para-hydroxylation sites is 1. The predicted octanol–water partition coefficient (Wildman–Crippen LogP) is 1.88. The number of hydrogen-bond donors (Lipinski definition) is 3. The first-order valence-electron chi connectivity index (χ1n) is 6.83. The van der Waals surface area contributed by atoms with Gasteiger partial charge in [0.25, 0.3) is 5.91 Å². The maximum atomic E-state index is 13.5. The first-order chi connectivity index (χ1) is 11.1. The Kier molecular flexibility index (Phi) is 5.93. The van der Waals surface area contributed by atoms with Gasteiger partial charge in [-0.15, -0.1) is 0 Å². The smallest absolute Gasteiger partial charge is 0.279 e. The molecule has 0 unspecified atom stereocenters. The van der Waals surface area contributed by atoms with Gasteiger partial charge in [-0.25, -0.2) is 4.39 Å². The molecular weight excluding hydrogens is 321 g/mol. The number of thiocarbonyl (C=S) groups is 1. The monoisotopic (exact) mass is 337 g/mol. The summed E-state index contributed by atoms with van der Waals surface area (Å²) >= 11 is 5.00. The zero-order valence-electron chi connectivity index (χ0n) is 12.3. The van der Waals surface area contributed by atoms with Crippen LogP contribution in [0.5, 0.6) is 5.75 Å². The molecule has 0 bridgehead atoms. The van der Waals surface area contributed by atoms with Crippen LogP contribution in [0.1, 0.15) is 12.7 Å². The number of carbonyl (C=O) groups is 1. The number of nitrogens with one attached hydrogen (secondary N) is 3. The molecule has 1 aromatic carbocycles. The van der Waals surface area contributed by atoms with Crippen LogP contribution < -0.4 is 20.9 Å². The maximum Gasteiger partial charge on any atom is 0.279 e. The second kappa shape index (κ2) is 8.14. The molecule has 2 aromatic rings. The normalized spacial score (nSPS) is 11.4. The van der Waals surface area contributed by atoms with Crippen LogP contribution in [0.2, 0.25) is 0 Å². The number of halogens is 1. The molecule has 122 valence electrons. The average Bonchev–Trinajstić information content (AvgIpc) is 3.06. The number of furan rings is 1. The Balaban J connectivity index is 1.73. The number of ether oxygens (including phenoxy) is 1. The van der Waals surface area contributed by atoms with E-state index in [9.17, 15) is 9.18 Å². The number of amides is 1. The van der Waals surface area contributed by atoms with Crippen molar-refractivity contribution in [1.82, 2.24) is 16.2 Å². The largest absolute Gasteiger partial charge is 0.478 e. The highest BCUT2D eigenvalue weighted by Gasteiger charge is 2.16. The first-order valence-corrected chi connectivity index (χ1v) is 7.24. The van der Waals surface area contributed by atoms with Gasteiger partial charge in [-0.05, 0) is 43.4 Å². The summed E-state index contributed by atoms with van der Waals surface area (Å²) in [6.45, 7) is 1.89. The second-order valence-electron chi connectivity index (χ2n) is 4.57. The van der Waals surface area contributed by atoms with E-state index in [4.69, 9.17) is 21.4 Å². The lowest BCUT2D eigenvalue weighted by molar-refractivity contribution is -0.127. The van der Waals surface area contributed by atoms with Crippen LogP contribution in [-0.4, -0.2) is 17.1 Å². The highest BCUT2D eigenvalue weighted by atomic mass is 32.1. The van der Waals surface area contributed by atoms with E-state index in [1.165, 1.54) is 25.1 Å². The van der Waals surface area contributed by atoms with Gasteiger partial charge in [-0.2, -0.15) is 0 Å². The van der Waals surface area contributed by atoms with E-state index in [-0.39, 0.29) is 10.9 Å². The number of carbonyl (C=O) groups excluding carboxylic acids is 1. The Bertz CT molecular complexity index is 664. The van der Waals surface area contributed by atoms with E-state index in [1.54, 1.807) is 24.5 Å². The molecule has 1 atom stereocenters. The Morgan fingerprint density at radius 1 is 1.30 bits per heavy atom. The summed E-state index contributed by atoms with van der Waals surface area (Å²) in [5, 5.41) is 3.06. The molecule has 0 radical (unpaired) electrons. The topological polar surface area (TPSA) is 75.5 Å². The number of hydrogen-bond acceptors (Lipinski definition) is 4. The molecule has 0 saturated heterocycles. The molecule has 1 heterocycles. The van der Waals surface area contributed by atoms with Gasteiger partial charge in [0.1, 0.15) is 5.76 Å². The van der Waals surface area contributed by atoms with E-state index in [2.05, 4.69) is 16.2 Å². The quantitative estimate of drug-likeness (QED) is 0.571. The highest BCUT2D eigenvalue weighted by Crippen LogP contribution is 2.16. The van der Waals surface area contributed by atoms with Crippen LogP contribution >= 0.6 is 12.2 Å². The molecule has 0 aliphatic rings. The van der Waals surface area contributed by atoms with Gasteiger partial charge >= 0.3 is 0 Å². The molecule has 6 nitrogen and oxygen atoms in total. The third-order valence-corrected chi connectivity index (χ3v) is 3.06. The fraction of sp³-hybridized carbons (Fsp3) is 0.200. The third-order valence-electron chi connectivity index (χ3n) is 2.81. The molecule has 3 N–H and O–H groups in total. The van der Waals surface area contributed by atoms with Gasteiger partial charge in [-0.3, -0.25) is 15.6 Å². The van der Waals surface area contributed by atoms with Crippen molar-refractivity contribution < 1.29 is 18.3 Å². The lowest BCUT2D eigenvalue weighted by Crippen LogP contribution is -2.50. The van der Waals surface area contributed by atoms with E-state index >= 15 is 0 Å². The van der Waals surface area contributed by atoms with Crippen molar-refractivity contribution in [1.29, 1.82) is 0 Å². The Labute approximate surface area is 138 Å². The predicted molar refractivity (Wildman–Crippen MR) is 85.9 cm³/mol. The van der Waals surface area contributed by atoms with Crippen LogP contribution in [-0.2, 0) is 11.3 Å². The SMILES string of the molecule is C[C@@H](Oc1ccccc1F)C(=O)NNC(=S)NCc1ccco1. The third kappa shape index (κ3) is 5.26. The highest BCUT2D eigenvalue weighted by molar-refractivity contribution is 7.80. The Morgan fingerprint density at radius 2 is 2.09 bits per heavy atom. The minimum absolute atomic E-state index is 0.00803. The zero-order chi connectivity index (χ0) is 16.7. The van der Waals surface area contributed by atoms with Crippen molar-refractivity contribution in [3.8, 4) is 5.75 Å². The van der Waals surface area contributed by atoms with Crippen molar-refractivity contribution in [3.05, 3.63) is 54.2 Å². The first kappa shape index (κ1) is 16.8. The second-order valence-corrected chi connectivity index (χ2v) is 4.98. The zero-order valence-corrected chi connectivity index (χ0v) is 13.2. The summed E-state index contributed by atoms with van der Waals surface area (Å²) in [6, 6.07) is 9.41. The summed E-state index contributed by atoms with van der Waals surface area (Å²) in [4.78, 5) is 11.9. The summed E-state index contributed by atoms with van der Waals surface area (Å²) in [5.74, 6) is -0.309. The lowest BCUT2D eigenvalue weighted by Gasteiger charge is -2.16. The van der Waals surface area contributed by atoms with Crippen LogP contribution in [0, 0.1) is 5.82 Å². The maximum absolute atomic E-state index is 13.5. The fourth-order valence-electron chi connectivity index (χ4n) is 1.63. The molecule has 1 amide bonds. The van der Waals surface area contributed by atoms with Crippen LogP contribution in [0.3, 0.4) is 0 Å². The van der Waals surface area contributed by atoms with E-state index < -0.39 is 17.8 Å². The van der Waals surface area contributed by atoms with Gasteiger partial charge in [0, 0.05) is 0 Å². The average molecular weight is 337 g/mol. The van der Waals surface area contributed by atoms with E-state index in [0.717, 1.165) is 0 Å². The molecular formula is C15H16FN3O3S. The molecule has 0 saturated carbocycles. The van der Waals surface area contributed by atoms with E-state index in [0.29, 0.717) is 12.3 Å². The fourth-order valence-corrected chi connectivity index (χ4v) is 1.75. The summed E-state index contributed by atoms with van der Waals surface area (Å²) in [5.41, 5.74) is 4.91. The Morgan fingerprint density at radius 3 is 2.78 bits per heavy atom. The Hall–Kier alpha value is -2.61. The molecule has 0 spiro atoms. The van der Waals surface area contributed by atoms with Crippen LogP contribution in [0.15, 0.2) is 47.1 Å². The molecule has 0 fully saturated rings. The summed E-state index contributed by atoms with van der Waals surface area (Å²) in [6.07, 6.45) is 0.657. The van der Waals surface area contributed by atoms with Crippen molar-refractivity contribution in [2.45, 2.75) is 19.6 Å². The number of benzene rings is 1. The van der Waals surface area contributed by atoms with Crippen molar-refractivity contribution in [3.63, 3.8) is 0 Å². The number of rotatable bonds is 5. The van der Waals surface area contributed by atoms with Crippen LogP contribution in [0.4, 0.5) is 4.39 Å². The number of hydrazine groups is 1. The lowest BCUT2D eigenvalue weighted by atomic mass is 10.3. The van der Waals surface area contributed by atoms with Gasteiger partial charge in [0.05, 0.1) is 12.8 Å². The molecule has 8 heteroatoms. The standard InChI is InChI=1S/C15H16FN3O3S/c1-10(22-13-7-3-2-6-12(13)16)14(20)18-19-15(23)17-9-11-5-4-8-21-11/h2-8,10H,9H2,1H3,(H,18,20)(H2,17,19,23)/t10-/m1/s1. The summed E-state index contributed by atoms with van der Waals surface area (Å²) < 4.78 is 23.8. The minimum Gasteiger partial charge on any atom is -0.478 e. The van der Waals surface area contributed by atoms with Gasteiger partial charge in [0.2, 0.25) is 0 Å². The van der Waals surface area contributed by atoms with Crippen molar-refractivity contribution in [2.75, 3.05) is 0 Å². The van der Waals surface area contributed by atoms with Gasteiger partial charge < -0.3 is 14.5 Å². The minimum atomic E-state index is -0.896. The molecule has 23 heavy (non-hydrogen) atoms. The molecule has 2 rings (SSSR count). The van der Waals surface area contributed by atoms with E-state index in [1.807, 2.05) is 0 Å². The van der Waals surface area contributed by atoms with Crippen molar-refractivity contribution >= 4 is 23.2 Å². The summed E-state index contributed by atoms with van der Waals surface area (Å²) in [7, 11) is 0. The molecule has 0 aliphatic heterocycles. The van der Waals surface area contributed by atoms with Gasteiger partial charge in [0.15, 0.2) is 22.8 Å². The van der Waals surface area contributed by atoms with Gasteiger partial charge in [-0.1, -0.05) is 12.1 Å². The molecule has 1 aromatic heterocycles. The van der Waals surface area contributed by atoms with Crippen LogP contribution in [0.25, 0.3) is 0 Å². The van der Waals surface area contributed by atoms with Crippen molar-refractivity contribution in [2.24, 2.45) is 0 Å². The molecule has 0 aliphatic carbocycles.